The molecule has 3 fully saturated rings. The highest BCUT2D eigenvalue weighted by molar-refractivity contribution is 7.86. The summed E-state index contributed by atoms with van der Waals surface area (Å²) >= 11 is 0. The molecule has 2 saturated heterocycles. The van der Waals surface area contributed by atoms with E-state index in [9.17, 15) is 22.1 Å². The molecule has 2 heterocycles. The SMILES string of the molecule is CCS(=O)(=O)O.N#CCC1(N2CCC(N[C@@H]3C[C@H]3c3ccccc3)CC2)CN(S(N)(=O)=O)C1. The first kappa shape index (κ1) is 26.0. The van der Waals surface area contributed by atoms with E-state index in [2.05, 4.69) is 46.6 Å². The molecule has 1 aliphatic carbocycles. The minimum atomic E-state index is -3.66. The van der Waals surface area contributed by atoms with Crippen molar-refractivity contribution in [1.82, 2.24) is 14.5 Å². The van der Waals surface area contributed by atoms with Gasteiger partial charge >= 0.3 is 0 Å². The molecule has 0 unspecified atom stereocenters. The molecule has 12 heteroatoms. The summed E-state index contributed by atoms with van der Waals surface area (Å²) in [6.45, 7) is 3.81. The topological polar surface area (TPSA) is 157 Å². The average Bonchev–Trinajstić information content (AvgIpc) is 3.50. The standard InChI is InChI=1S/C19H27N5O2S.C2H6O3S/c20-9-8-19(13-24(14-19)27(21,25)26)23-10-6-16(7-11-23)22-18-12-17(18)15-4-2-1-3-5-15;1-2-6(3,4)5/h1-5,16-18,22H,6-8,10-14H2,(H2,21,25,26);2H2,1H3,(H,3,4,5)/t17-,18+;/m0./s1. The molecule has 0 spiro atoms. The van der Waals surface area contributed by atoms with Gasteiger partial charge < -0.3 is 5.32 Å². The molecule has 0 bridgehead atoms. The molecule has 0 radical (unpaired) electrons. The number of nitrogens with zero attached hydrogens (tertiary/aromatic N) is 3. The zero-order valence-corrected chi connectivity index (χ0v) is 20.4. The smallest absolute Gasteiger partial charge is 0.277 e. The van der Waals surface area contributed by atoms with Crippen molar-refractivity contribution in [1.29, 1.82) is 5.26 Å². The normalized spacial score (nSPS) is 25.9. The number of likely N-dealkylation sites (tertiary alicyclic amines) is 1. The summed E-state index contributed by atoms with van der Waals surface area (Å²) in [5, 5.41) is 18.2. The van der Waals surface area contributed by atoms with Crippen LogP contribution in [0.4, 0.5) is 0 Å². The number of nitrogens with one attached hydrogen (secondary N) is 1. The van der Waals surface area contributed by atoms with Crippen LogP contribution in [0.3, 0.4) is 0 Å². The molecular formula is C21H33N5O5S2. The molecule has 1 saturated carbocycles. The lowest BCUT2D eigenvalue weighted by molar-refractivity contribution is -0.0255. The number of nitriles is 1. The molecule has 1 aromatic rings. The van der Waals surface area contributed by atoms with Crippen LogP contribution in [0.1, 0.15) is 44.1 Å². The molecule has 4 N–H and O–H groups in total. The van der Waals surface area contributed by atoms with Gasteiger partial charge in [-0.2, -0.15) is 26.4 Å². The van der Waals surface area contributed by atoms with Gasteiger partial charge in [-0.1, -0.05) is 30.3 Å². The van der Waals surface area contributed by atoms with E-state index in [1.807, 2.05) is 0 Å². The maximum Gasteiger partial charge on any atom is 0.277 e. The summed E-state index contributed by atoms with van der Waals surface area (Å²) < 4.78 is 51.2. The van der Waals surface area contributed by atoms with E-state index in [-0.39, 0.29) is 11.3 Å². The predicted molar refractivity (Wildman–Crippen MR) is 125 cm³/mol. The van der Waals surface area contributed by atoms with Crippen LogP contribution in [0.5, 0.6) is 0 Å². The number of benzene rings is 1. The minimum absolute atomic E-state index is 0.201. The Labute approximate surface area is 196 Å². The van der Waals surface area contributed by atoms with Crippen molar-refractivity contribution >= 4 is 20.3 Å². The molecule has 0 aromatic heterocycles. The Kier molecular flexibility index (Phi) is 8.16. The second kappa shape index (κ2) is 10.4. The van der Waals surface area contributed by atoms with Gasteiger partial charge in [0.1, 0.15) is 0 Å². The first-order valence-electron chi connectivity index (χ1n) is 11.1. The lowest BCUT2D eigenvalue weighted by Gasteiger charge is -2.55. The second-order valence-electron chi connectivity index (χ2n) is 9.03. The summed E-state index contributed by atoms with van der Waals surface area (Å²) in [4.78, 5) is 2.30. The van der Waals surface area contributed by atoms with Crippen molar-refractivity contribution in [3.63, 3.8) is 0 Å². The van der Waals surface area contributed by atoms with Crippen LogP contribution >= 0.6 is 0 Å². The monoisotopic (exact) mass is 499 g/mol. The number of hydrogen-bond acceptors (Lipinski definition) is 7. The van der Waals surface area contributed by atoms with Gasteiger partial charge in [0.05, 0.1) is 23.8 Å². The highest BCUT2D eigenvalue weighted by atomic mass is 32.2. The number of piperidine rings is 1. The Balaban J connectivity index is 0.000000454. The third-order valence-electron chi connectivity index (χ3n) is 6.71. The molecule has 1 aromatic carbocycles. The van der Waals surface area contributed by atoms with Gasteiger partial charge in [0.2, 0.25) is 0 Å². The maximum atomic E-state index is 11.5. The van der Waals surface area contributed by atoms with Crippen molar-refractivity contribution in [2.45, 2.75) is 56.1 Å². The first-order valence-corrected chi connectivity index (χ1v) is 14.2. The first-order chi connectivity index (χ1) is 15.5. The van der Waals surface area contributed by atoms with E-state index in [1.54, 1.807) is 0 Å². The largest absolute Gasteiger partial charge is 0.311 e. The Morgan fingerprint density at radius 3 is 2.24 bits per heavy atom. The Hall–Kier alpha value is -1.59. The van der Waals surface area contributed by atoms with Gasteiger partial charge in [-0.05, 0) is 31.7 Å². The third kappa shape index (κ3) is 6.95. The summed E-state index contributed by atoms with van der Waals surface area (Å²) in [6.07, 6.45) is 3.60. The summed E-state index contributed by atoms with van der Waals surface area (Å²) in [7, 11) is -7.32. The van der Waals surface area contributed by atoms with E-state index in [0.29, 0.717) is 37.5 Å². The molecule has 2 aliphatic heterocycles. The molecule has 4 rings (SSSR count). The van der Waals surface area contributed by atoms with E-state index in [4.69, 9.17) is 9.69 Å². The van der Waals surface area contributed by atoms with Gasteiger partial charge in [0, 0.05) is 44.2 Å². The van der Waals surface area contributed by atoms with Crippen LogP contribution in [0.15, 0.2) is 30.3 Å². The van der Waals surface area contributed by atoms with Crippen LogP contribution in [0.2, 0.25) is 0 Å². The zero-order valence-electron chi connectivity index (χ0n) is 18.8. The zero-order chi connectivity index (χ0) is 24.3. The van der Waals surface area contributed by atoms with Gasteiger partial charge in [-0.15, -0.1) is 0 Å². The Morgan fingerprint density at radius 1 is 1.18 bits per heavy atom. The molecular weight excluding hydrogens is 466 g/mol. The molecule has 10 nitrogen and oxygen atoms in total. The van der Waals surface area contributed by atoms with Crippen LogP contribution < -0.4 is 10.5 Å². The fourth-order valence-electron chi connectivity index (χ4n) is 4.63. The molecule has 33 heavy (non-hydrogen) atoms. The summed E-state index contributed by atoms with van der Waals surface area (Å²) in [6, 6.07) is 14.0. The molecule has 3 aliphatic rings. The third-order valence-corrected chi connectivity index (χ3v) is 8.42. The number of nitrogens with two attached hydrogens (primary N) is 1. The quantitative estimate of drug-likeness (QED) is 0.462. The predicted octanol–water partition coefficient (Wildman–Crippen LogP) is 0.662. The van der Waals surface area contributed by atoms with E-state index >= 15 is 0 Å². The van der Waals surface area contributed by atoms with E-state index in [0.717, 1.165) is 25.9 Å². The van der Waals surface area contributed by atoms with E-state index in [1.165, 1.54) is 23.2 Å². The van der Waals surface area contributed by atoms with Gasteiger partial charge in [-0.3, -0.25) is 9.45 Å². The van der Waals surface area contributed by atoms with Crippen LogP contribution in [-0.4, -0.2) is 80.1 Å². The highest BCUT2D eigenvalue weighted by Gasteiger charge is 2.51. The van der Waals surface area contributed by atoms with Crippen LogP contribution in [-0.2, 0) is 20.3 Å². The molecule has 184 valence electrons. The highest BCUT2D eigenvalue weighted by Crippen LogP contribution is 2.41. The van der Waals surface area contributed by atoms with Crippen LogP contribution in [0, 0.1) is 11.3 Å². The lowest BCUT2D eigenvalue weighted by Crippen LogP contribution is -2.73. The van der Waals surface area contributed by atoms with Crippen molar-refractivity contribution in [3.8, 4) is 6.07 Å². The van der Waals surface area contributed by atoms with Crippen molar-refractivity contribution < 1.29 is 21.4 Å². The van der Waals surface area contributed by atoms with Crippen molar-refractivity contribution in [3.05, 3.63) is 35.9 Å². The maximum absolute atomic E-state index is 11.5. The minimum Gasteiger partial charge on any atom is -0.311 e. The molecule has 0 amide bonds. The van der Waals surface area contributed by atoms with Crippen LogP contribution in [0.25, 0.3) is 0 Å². The fraction of sp³-hybridized carbons (Fsp3) is 0.667. The number of rotatable bonds is 7. The van der Waals surface area contributed by atoms with Gasteiger partial charge in [-0.25, -0.2) is 5.14 Å². The number of hydrogen-bond donors (Lipinski definition) is 3. The Bertz CT molecular complexity index is 1040. The lowest BCUT2D eigenvalue weighted by atomic mass is 9.84. The average molecular weight is 500 g/mol. The second-order valence-corrected chi connectivity index (χ2v) is 12.3. The fourth-order valence-corrected chi connectivity index (χ4v) is 5.47. The van der Waals surface area contributed by atoms with Gasteiger partial charge in [0.15, 0.2) is 0 Å². The van der Waals surface area contributed by atoms with Gasteiger partial charge in [0.25, 0.3) is 20.3 Å². The van der Waals surface area contributed by atoms with E-state index < -0.39 is 20.3 Å². The van der Waals surface area contributed by atoms with Crippen molar-refractivity contribution in [2.75, 3.05) is 31.9 Å². The van der Waals surface area contributed by atoms with Crippen molar-refractivity contribution in [2.24, 2.45) is 5.14 Å². The summed E-state index contributed by atoms with van der Waals surface area (Å²) in [5.74, 6) is 0.427. The molecule has 2 atom stereocenters. The summed E-state index contributed by atoms with van der Waals surface area (Å²) in [5.41, 5.74) is 1.05. The Morgan fingerprint density at radius 2 is 1.76 bits per heavy atom.